The molecule has 0 fully saturated rings. The number of halogens is 1. The fourth-order valence-corrected chi connectivity index (χ4v) is 2.57. The minimum atomic E-state index is -0.567. The van der Waals surface area contributed by atoms with Crippen molar-refractivity contribution in [2.24, 2.45) is 0 Å². The van der Waals surface area contributed by atoms with Crippen LogP contribution in [0.5, 0.6) is 0 Å². The quantitative estimate of drug-likeness (QED) is 0.844. The molecule has 0 spiro atoms. The Morgan fingerprint density at radius 1 is 1.33 bits per heavy atom. The molecular formula is C12H11ClOS. The van der Waals surface area contributed by atoms with Gasteiger partial charge in [-0.1, -0.05) is 23.7 Å². The van der Waals surface area contributed by atoms with Crippen molar-refractivity contribution >= 4 is 22.9 Å². The maximum atomic E-state index is 10.1. The van der Waals surface area contributed by atoms with E-state index in [4.69, 9.17) is 11.6 Å². The Labute approximate surface area is 98.0 Å². The third-order valence-corrected chi connectivity index (χ3v) is 3.34. The topological polar surface area (TPSA) is 20.2 Å². The van der Waals surface area contributed by atoms with Crippen molar-refractivity contribution in [2.45, 2.75) is 13.0 Å². The molecular weight excluding hydrogens is 228 g/mol. The summed E-state index contributed by atoms with van der Waals surface area (Å²) in [5.74, 6) is 0. The van der Waals surface area contributed by atoms with Crippen LogP contribution in [0.3, 0.4) is 0 Å². The van der Waals surface area contributed by atoms with E-state index < -0.39 is 6.10 Å². The lowest BCUT2D eigenvalue weighted by molar-refractivity contribution is 0.224. The highest BCUT2D eigenvalue weighted by Crippen LogP contribution is 2.28. The highest BCUT2D eigenvalue weighted by Gasteiger charge is 2.11. The molecule has 1 N–H and O–H groups in total. The maximum absolute atomic E-state index is 10.1. The number of aryl methyl sites for hydroxylation is 1. The highest BCUT2D eigenvalue weighted by molar-refractivity contribution is 7.10. The number of benzene rings is 1. The van der Waals surface area contributed by atoms with Gasteiger partial charge in [0.05, 0.1) is 0 Å². The molecule has 0 amide bonds. The molecule has 2 aromatic rings. The summed E-state index contributed by atoms with van der Waals surface area (Å²) in [6, 6.07) is 9.49. The van der Waals surface area contributed by atoms with E-state index in [-0.39, 0.29) is 0 Å². The Hall–Kier alpha value is -0.830. The van der Waals surface area contributed by atoms with Gasteiger partial charge < -0.3 is 5.11 Å². The van der Waals surface area contributed by atoms with Gasteiger partial charge in [0, 0.05) is 9.90 Å². The second-order valence-corrected chi connectivity index (χ2v) is 4.90. The number of aliphatic hydroxyl groups is 1. The smallest absolute Gasteiger partial charge is 0.113 e. The molecule has 0 aliphatic heterocycles. The SMILES string of the molecule is Cc1cc(Cl)cc(C(O)c2cccs2)c1. The molecule has 15 heavy (non-hydrogen) atoms. The van der Waals surface area contributed by atoms with Gasteiger partial charge in [-0.2, -0.15) is 0 Å². The van der Waals surface area contributed by atoms with Crippen LogP contribution in [0, 0.1) is 6.92 Å². The molecule has 0 bridgehead atoms. The summed E-state index contributed by atoms with van der Waals surface area (Å²) >= 11 is 7.49. The fourth-order valence-electron chi connectivity index (χ4n) is 1.53. The Morgan fingerprint density at radius 2 is 2.13 bits per heavy atom. The maximum Gasteiger partial charge on any atom is 0.113 e. The van der Waals surface area contributed by atoms with E-state index in [1.165, 1.54) is 0 Å². The van der Waals surface area contributed by atoms with Crippen LogP contribution in [0.1, 0.15) is 22.1 Å². The molecule has 2 rings (SSSR count). The second-order valence-electron chi connectivity index (χ2n) is 3.48. The van der Waals surface area contributed by atoms with Crippen molar-refractivity contribution in [3.05, 3.63) is 56.7 Å². The lowest BCUT2D eigenvalue weighted by atomic mass is 10.1. The van der Waals surface area contributed by atoms with E-state index in [0.717, 1.165) is 16.0 Å². The molecule has 1 aromatic carbocycles. The fraction of sp³-hybridized carbons (Fsp3) is 0.167. The minimum absolute atomic E-state index is 0.567. The Balaban J connectivity index is 2.37. The number of rotatable bonds is 2. The first-order valence-corrected chi connectivity index (χ1v) is 5.91. The number of aliphatic hydroxyl groups excluding tert-OH is 1. The van der Waals surface area contributed by atoms with E-state index in [2.05, 4.69) is 0 Å². The third-order valence-electron chi connectivity index (χ3n) is 2.19. The van der Waals surface area contributed by atoms with Crippen LogP contribution in [0.15, 0.2) is 35.7 Å². The van der Waals surface area contributed by atoms with Crippen LogP contribution in [0.4, 0.5) is 0 Å². The summed E-state index contributed by atoms with van der Waals surface area (Å²) in [6.45, 7) is 1.97. The van der Waals surface area contributed by atoms with Crippen LogP contribution in [-0.4, -0.2) is 5.11 Å². The molecule has 1 nitrogen and oxygen atoms in total. The zero-order valence-electron chi connectivity index (χ0n) is 8.27. The summed E-state index contributed by atoms with van der Waals surface area (Å²) in [4.78, 5) is 0.941. The third kappa shape index (κ3) is 2.40. The average molecular weight is 239 g/mol. The van der Waals surface area contributed by atoms with Crippen molar-refractivity contribution in [3.8, 4) is 0 Å². The molecule has 0 saturated carbocycles. The van der Waals surface area contributed by atoms with Gasteiger partial charge in [-0.15, -0.1) is 11.3 Å². The second kappa shape index (κ2) is 4.35. The van der Waals surface area contributed by atoms with Gasteiger partial charge in [-0.3, -0.25) is 0 Å². The molecule has 1 unspecified atom stereocenters. The summed E-state index contributed by atoms with van der Waals surface area (Å²) in [6.07, 6.45) is -0.567. The van der Waals surface area contributed by atoms with Crippen LogP contribution in [-0.2, 0) is 0 Å². The number of thiophene rings is 1. The van der Waals surface area contributed by atoms with Gasteiger partial charge in [-0.25, -0.2) is 0 Å². The summed E-state index contributed by atoms with van der Waals surface area (Å²) in [5, 5.41) is 12.7. The minimum Gasteiger partial charge on any atom is -0.383 e. The Bertz CT molecular complexity index is 430. The van der Waals surface area contributed by atoms with Crippen LogP contribution < -0.4 is 0 Å². The highest BCUT2D eigenvalue weighted by atomic mass is 35.5. The van der Waals surface area contributed by atoms with Crippen molar-refractivity contribution in [2.75, 3.05) is 0 Å². The molecule has 3 heteroatoms. The van der Waals surface area contributed by atoms with Gasteiger partial charge in [-0.05, 0) is 41.6 Å². The molecule has 0 aliphatic carbocycles. The van der Waals surface area contributed by atoms with E-state index in [1.54, 1.807) is 17.4 Å². The summed E-state index contributed by atoms with van der Waals surface area (Å²) in [5.41, 5.74) is 1.91. The molecule has 78 valence electrons. The normalized spacial score (nSPS) is 12.7. The van der Waals surface area contributed by atoms with Crippen molar-refractivity contribution < 1.29 is 5.11 Å². The van der Waals surface area contributed by atoms with Gasteiger partial charge >= 0.3 is 0 Å². The summed E-state index contributed by atoms with van der Waals surface area (Å²) in [7, 11) is 0. The van der Waals surface area contributed by atoms with Gasteiger partial charge in [0.25, 0.3) is 0 Å². The first kappa shape index (κ1) is 10.7. The Kier molecular flexibility index (Phi) is 3.10. The van der Waals surface area contributed by atoms with Crippen molar-refractivity contribution in [1.29, 1.82) is 0 Å². The van der Waals surface area contributed by atoms with Crippen LogP contribution in [0.25, 0.3) is 0 Å². The largest absolute Gasteiger partial charge is 0.383 e. The first-order valence-electron chi connectivity index (χ1n) is 4.65. The zero-order valence-corrected chi connectivity index (χ0v) is 9.85. The molecule has 0 aliphatic rings. The van der Waals surface area contributed by atoms with E-state index in [0.29, 0.717) is 5.02 Å². The van der Waals surface area contributed by atoms with Crippen molar-refractivity contribution in [3.63, 3.8) is 0 Å². The predicted molar refractivity (Wildman–Crippen MR) is 64.6 cm³/mol. The lowest BCUT2D eigenvalue weighted by Gasteiger charge is -2.10. The predicted octanol–water partition coefficient (Wildman–Crippen LogP) is 3.79. The standard InChI is InChI=1S/C12H11ClOS/c1-8-5-9(7-10(13)6-8)12(14)11-3-2-4-15-11/h2-7,12,14H,1H3. The van der Waals surface area contributed by atoms with Gasteiger partial charge in [0.1, 0.15) is 6.10 Å². The average Bonchev–Trinajstić information content (AvgIpc) is 2.67. The van der Waals surface area contributed by atoms with E-state index >= 15 is 0 Å². The van der Waals surface area contributed by atoms with E-state index in [1.807, 2.05) is 36.6 Å². The molecule has 0 saturated heterocycles. The first-order chi connectivity index (χ1) is 7.16. The molecule has 1 atom stereocenters. The monoisotopic (exact) mass is 238 g/mol. The molecule has 1 aromatic heterocycles. The van der Waals surface area contributed by atoms with Gasteiger partial charge in [0.15, 0.2) is 0 Å². The van der Waals surface area contributed by atoms with Crippen LogP contribution >= 0.6 is 22.9 Å². The molecule has 1 heterocycles. The van der Waals surface area contributed by atoms with Crippen molar-refractivity contribution in [1.82, 2.24) is 0 Å². The summed E-state index contributed by atoms with van der Waals surface area (Å²) < 4.78 is 0. The van der Waals surface area contributed by atoms with E-state index in [9.17, 15) is 5.11 Å². The molecule has 0 radical (unpaired) electrons. The number of hydrogen-bond donors (Lipinski definition) is 1. The van der Waals surface area contributed by atoms with Gasteiger partial charge in [0.2, 0.25) is 0 Å². The number of hydrogen-bond acceptors (Lipinski definition) is 2. The zero-order chi connectivity index (χ0) is 10.8. The van der Waals surface area contributed by atoms with Crippen LogP contribution in [0.2, 0.25) is 5.02 Å². The Morgan fingerprint density at radius 3 is 2.73 bits per heavy atom. The lowest BCUT2D eigenvalue weighted by Crippen LogP contribution is -1.97.